The Morgan fingerprint density at radius 1 is 1.00 bits per heavy atom. The fraction of sp³-hybridized carbons (Fsp3) is 0.250. The van der Waals surface area contributed by atoms with Crippen LogP contribution in [-0.2, 0) is 4.79 Å². The van der Waals surface area contributed by atoms with Gasteiger partial charge >= 0.3 is 5.97 Å². The maximum atomic E-state index is 10.7. The zero-order valence-corrected chi connectivity index (χ0v) is 12.4. The van der Waals surface area contributed by atoms with Crippen LogP contribution in [-0.4, -0.2) is 59.8 Å². The number of aliphatic carboxylic acids is 1. The van der Waals surface area contributed by atoms with E-state index in [9.17, 15) is 25.2 Å². The van der Waals surface area contributed by atoms with Crippen LogP contribution in [0, 0.1) is 0 Å². The van der Waals surface area contributed by atoms with Gasteiger partial charge in [-0.05, 0) is 22.9 Å². The number of imidazole rings is 1. The number of aliphatic hydroxyl groups excluding tert-OH is 4. The van der Waals surface area contributed by atoms with Crippen LogP contribution in [0.25, 0.3) is 21.8 Å². The van der Waals surface area contributed by atoms with Crippen molar-refractivity contribution in [3.05, 3.63) is 42.2 Å². The molecule has 0 unspecified atom stereocenters. The molecule has 0 amide bonds. The highest BCUT2D eigenvalue weighted by Gasteiger charge is 2.36. The molecule has 126 valence electrons. The van der Waals surface area contributed by atoms with Crippen LogP contribution >= 0.6 is 0 Å². The number of rotatable bonds is 5. The number of H-pyrrole nitrogens is 1. The van der Waals surface area contributed by atoms with Crippen LogP contribution in [0.1, 0.15) is 11.9 Å². The number of carboxylic acids is 1. The van der Waals surface area contributed by atoms with E-state index in [0.717, 1.165) is 10.8 Å². The second kappa shape index (κ2) is 6.17. The number of nitrogens with one attached hydrogen (secondary N) is 1. The molecule has 8 nitrogen and oxygen atoms in total. The van der Waals surface area contributed by atoms with Crippen LogP contribution in [0.5, 0.6) is 0 Å². The summed E-state index contributed by atoms with van der Waals surface area (Å²) in [6.07, 6.45) is -7.90. The zero-order valence-electron chi connectivity index (χ0n) is 12.4. The summed E-state index contributed by atoms with van der Waals surface area (Å²) in [6.45, 7) is 0. The molecule has 0 bridgehead atoms. The molecule has 3 rings (SSSR count). The second-order valence-corrected chi connectivity index (χ2v) is 5.55. The minimum atomic E-state index is -2.22. The SMILES string of the molecule is O=C(O)[C@@H](O)[C@@H](O)[C@H](O)[C@@H](O)c1nc2cc3ccccc3cc2[nH]1. The lowest BCUT2D eigenvalue weighted by atomic mass is 10.0. The summed E-state index contributed by atoms with van der Waals surface area (Å²) >= 11 is 0. The highest BCUT2D eigenvalue weighted by Crippen LogP contribution is 2.25. The van der Waals surface area contributed by atoms with Crippen molar-refractivity contribution in [2.75, 3.05) is 0 Å². The Morgan fingerprint density at radius 3 is 2.25 bits per heavy atom. The van der Waals surface area contributed by atoms with Gasteiger partial charge in [0.05, 0.1) is 11.0 Å². The fourth-order valence-electron chi connectivity index (χ4n) is 2.54. The molecule has 0 aliphatic heterocycles. The molecule has 0 spiro atoms. The van der Waals surface area contributed by atoms with Crippen molar-refractivity contribution in [2.24, 2.45) is 0 Å². The standard InChI is InChI=1S/C16H16N2O6/c19-11(12(20)14(22)16(23)24)13(21)15-17-9-5-7-3-1-2-4-8(7)6-10(9)18-15/h1-6,11-14,19-22H,(H,17,18)(H,23,24)/t11-,12-,13+,14-/m0/s1. The summed E-state index contributed by atoms with van der Waals surface area (Å²) in [5, 5.41) is 49.5. The van der Waals surface area contributed by atoms with Crippen LogP contribution in [0.3, 0.4) is 0 Å². The molecule has 0 saturated heterocycles. The van der Waals surface area contributed by atoms with Crippen molar-refractivity contribution >= 4 is 27.8 Å². The van der Waals surface area contributed by atoms with Gasteiger partial charge in [-0.1, -0.05) is 24.3 Å². The third kappa shape index (κ3) is 2.83. The van der Waals surface area contributed by atoms with Gasteiger partial charge in [0.2, 0.25) is 0 Å². The average Bonchev–Trinajstić information content (AvgIpc) is 2.99. The number of nitrogens with zero attached hydrogens (tertiary/aromatic N) is 1. The van der Waals surface area contributed by atoms with Crippen LogP contribution < -0.4 is 0 Å². The van der Waals surface area contributed by atoms with Gasteiger partial charge in [-0.25, -0.2) is 9.78 Å². The van der Waals surface area contributed by atoms with Crippen molar-refractivity contribution in [1.82, 2.24) is 9.97 Å². The third-order valence-electron chi connectivity index (χ3n) is 3.90. The number of hydrogen-bond acceptors (Lipinski definition) is 6. The third-order valence-corrected chi connectivity index (χ3v) is 3.90. The Labute approximate surface area is 135 Å². The Hall–Kier alpha value is -2.52. The summed E-state index contributed by atoms with van der Waals surface area (Å²) < 4.78 is 0. The number of benzene rings is 2. The predicted molar refractivity (Wildman–Crippen MR) is 84.2 cm³/mol. The van der Waals surface area contributed by atoms with Crippen molar-refractivity contribution in [2.45, 2.75) is 24.4 Å². The van der Waals surface area contributed by atoms with Gasteiger partial charge in [0.1, 0.15) is 24.1 Å². The summed E-state index contributed by atoms with van der Waals surface area (Å²) in [4.78, 5) is 17.6. The summed E-state index contributed by atoms with van der Waals surface area (Å²) in [5.74, 6) is -1.74. The Morgan fingerprint density at radius 2 is 1.62 bits per heavy atom. The van der Waals surface area contributed by atoms with E-state index in [4.69, 9.17) is 5.11 Å². The molecule has 2 aromatic carbocycles. The van der Waals surface area contributed by atoms with Gasteiger partial charge in [0.25, 0.3) is 0 Å². The van der Waals surface area contributed by atoms with Gasteiger partial charge in [-0.15, -0.1) is 0 Å². The quantitative estimate of drug-likeness (QED) is 0.383. The number of hydrogen-bond donors (Lipinski definition) is 6. The lowest BCUT2D eigenvalue weighted by molar-refractivity contribution is -0.163. The largest absolute Gasteiger partial charge is 0.479 e. The molecule has 6 N–H and O–H groups in total. The van der Waals surface area contributed by atoms with E-state index < -0.39 is 30.4 Å². The fourth-order valence-corrected chi connectivity index (χ4v) is 2.54. The van der Waals surface area contributed by atoms with E-state index in [1.807, 2.05) is 30.3 Å². The number of carbonyl (C=O) groups is 1. The molecule has 0 aliphatic rings. The van der Waals surface area contributed by atoms with Gasteiger partial charge in [0, 0.05) is 0 Å². The zero-order chi connectivity index (χ0) is 17.4. The van der Waals surface area contributed by atoms with E-state index in [1.165, 1.54) is 0 Å². The maximum absolute atomic E-state index is 10.7. The number of fused-ring (bicyclic) bond motifs is 2. The van der Waals surface area contributed by atoms with Gasteiger partial charge in [-0.2, -0.15) is 0 Å². The minimum absolute atomic E-state index is 0.0376. The minimum Gasteiger partial charge on any atom is -0.479 e. The highest BCUT2D eigenvalue weighted by atomic mass is 16.4. The van der Waals surface area contributed by atoms with Crippen molar-refractivity contribution in [3.8, 4) is 0 Å². The average molecular weight is 332 g/mol. The molecule has 1 heterocycles. The molecular weight excluding hydrogens is 316 g/mol. The lowest BCUT2D eigenvalue weighted by Gasteiger charge is -2.23. The number of aromatic amines is 1. The Kier molecular flexibility index (Phi) is 4.20. The molecule has 0 fully saturated rings. The first-order valence-electron chi connectivity index (χ1n) is 7.22. The number of aliphatic hydroxyl groups is 4. The monoisotopic (exact) mass is 332 g/mol. The van der Waals surface area contributed by atoms with E-state index in [-0.39, 0.29) is 5.82 Å². The Balaban J connectivity index is 1.93. The van der Waals surface area contributed by atoms with Crippen LogP contribution in [0.2, 0.25) is 0 Å². The first-order chi connectivity index (χ1) is 11.4. The Bertz CT molecular complexity index is 840. The smallest absolute Gasteiger partial charge is 0.335 e. The lowest BCUT2D eigenvalue weighted by Crippen LogP contribution is -2.45. The maximum Gasteiger partial charge on any atom is 0.335 e. The number of carboxylic acid groups (broad SMARTS) is 1. The predicted octanol–water partition coefficient (Wildman–Crippen LogP) is -0.0832. The van der Waals surface area contributed by atoms with Gasteiger partial charge < -0.3 is 30.5 Å². The van der Waals surface area contributed by atoms with Crippen molar-refractivity contribution in [1.29, 1.82) is 0 Å². The first kappa shape index (κ1) is 16.3. The van der Waals surface area contributed by atoms with E-state index in [2.05, 4.69) is 9.97 Å². The first-order valence-corrected chi connectivity index (χ1v) is 7.22. The number of aromatic nitrogens is 2. The van der Waals surface area contributed by atoms with E-state index >= 15 is 0 Å². The molecule has 3 aromatic rings. The second-order valence-electron chi connectivity index (χ2n) is 5.55. The van der Waals surface area contributed by atoms with Gasteiger partial charge in [0.15, 0.2) is 6.10 Å². The van der Waals surface area contributed by atoms with E-state index in [0.29, 0.717) is 11.0 Å². The van der Waals surface area contributed by atoms with Gasteiger partial charge in [-0.3, -0.25) is 0 Å². The topological polar surface area (TPSA) is 147 Å². The molecular formula is C16H16N2O6. The molecule has 24 heavy (non-hydrogen) atoms. The van der Waals surface area contributed by atoms with E-state index in [1.54, 1.807) is 6.07 Å². The van der Waals surface area contributed by atoms with Crippen molar-refractivity contribution < 1.29 is 30.3 Å². The van der Waals surface area contributed by atoms with Crippen molar-refractivity contribution in [3.63, 3.8) is 0 Å². The normalized spacial score (nSPS) is 16.8. The van der Waals surface area contributed by atoms with Crippen LogP contribution in [0.15, 0.2) is 36.4 Å². The summed E-state index contributed by atoms with van der Waals surface area (Å²) in [6, 6.07) is 11.2. The van der Waals surface area contributed by atoms with Crippen LogP contribution in [0.4, 0.5) is 0 Å². The molecule has 0 radical (unpaired) electrons. The molecule has 4 atom stereocenters. The highest BCUT2D eigenvalue weighted by molar-refractivity contribution is 5.95. The summed E-state index contributed by atoms with van der Waals surface area (Å²) in [5.41, 5.74) is 1.16. The summed E-state index contributed by atoms with van der Waals surface area (Å²) in [7, 11) is 0. The molecule has 1 aromatic heterocycles. The molecule has 8 heteroatoms. The molecule has 0 aliphatic carbocycles. The molecule has 0 saturated carbocycles.